The van der Waals surface area contributed by atoms with E-state index in [9.17, 15) is 0 Å². The number of hydrogen-bond donors (Lipinski definition) is 1. The van der Waals surface area contributed by atoms with Gasteiger partial charge in [0.05, 0.1) is 10.7 Å². The zero-order chi connectivity index (χ0) is 12.5. The molecule has 0 aliphatic rings. The van der Waals surface area contributed by atoms with E-state index in [-0.39, 0.29) is 0 Å². The maximum atomic E-state index is 4.54. The first kappa shape index (κ1) is 14.6. The van der Waals surface area contributed by atoms with Gasteiger partial charge in [0.2, 0.25) is 0 Å². The molecule has 0 bridgehead atoms. The molecule has 1 aromatic rings. The number of aryl methyl sites for hydroxylation is 1. The van der Waals surface area contributed by atoms with Crippen molar-refractivity contribution in [1.82, 2.24) is 15.2 Å². The molecule has 4 heteroatoms. The quantitative estimate of drug-likeness (QED) is 0.687. The maximum Gasteiger partial charge on any atom is 0.0926 e. The van der Waals surface area contributed by atoms with Crippen LogP contribution in [0.1, 0.15) is 37.9 Å². The van der Waals surface area contributed by atoms with Crippen LogP contribution in [0, 0.1) is 0 Å². The third-order valence-corrected chi connectivity index (χ3v) is 3.84. The van der Waals surface area contributed by atoms with Crippen molar-refractivity contribution >= 4 is 11.3 Å². The number of nitrogens with zero attached hydrogens (tertiary/aromatic N) is 2. The van der Waals surface area contributed by atoms with E-state index in [1.807, 2.05) is 0 Å². The Bertz CT molecular complexity index is 299. The van der Waals surface area contributed by atoms with Crippen molar-refractivity contribution in [2.45, 2.75) is 40.2 Å². The minimum atomic E-state index is 0.903. The van der Waals surface area contributed by atoms with Crippen LogP contribution in [-0.4, -0.2) is 36.1 Å². The normalized spacial score (nSPS) is 11.3. The highest BCUT2D eigenvalue weighted by atomic mass is 32.1. The second kappa shape index (κ2) is 8.61. The van der Waals surface area contributed by atoms with E-state index in [4.69, 9.17) is 0 Å². The summed E-state index contributed by atoms with van der Waals surface area (Å²) in [5, 5.41) is 6.87. The average molecular weight is 255 g/mol. The number of rotatable bonds is 9. The smallest absolute Gasteiger partial charge is 0.0926 e. The van der Waals surface area contributed by atoms with E-state index >= 15 is 0 Å². The first-order valence-corrected chi connectivity index (χ1v) is 7.54. The molecule has 0 amide bonds. The molecule has 1 aromatic heterocycles. The van der Waals surface area contributed by atoms with E-state index in [1.54, 1.807) is 11.3 Å². The minimum Gasteiger partial charge on any atom is -0.310 e. The summed E-state index contributed by atoms with van der Waals surface area (Å²) in [6.07, 6.45) is 2.28. The van der Waals surface area contributed by atoms with Crippen molar-refractivity contribution in [3.63, 3.8) is 0 Å². The summed E-state index contributed by atoms with van der Waals surface area (Å²) in [7, 11) is 0. The Morgan fingerprint density at radius 2 is 2.12 bits per heavy atom. The third-order valence-electron chi connectivity index (χ3n) is 2.80. The lowest BCUT2D eigenvalue weighted by atomic mass is 10.4. The summed E-state index contributed by atoms with van der Waals surface area (Å²) in [6, 6.07) is 0. The van der Waals surface area contributed by atoms with Crippen LogP contribution in [0.25, 0.3) is 0 Å². The van der Waals surface area contributed by atoms with Crippen molar-refractivity contribution in [1.29, 1.82) is 0 Å². The van der Waals surface area contributed by atoms with Gasteiger partial charge in [0.25, 0.3) is 0 Å². The van der Waals surface area contributed by atoms with Gasteiger partial charge < -0.3 is 10.2 Å². The lowest BCUT2D eigenvalue weighted by Gasteiger charge is -2.19. The zero-order valence-corrected chi connectivity index (χ0v) is 12.1. The summed E-state index contributed by atoms with van der Waals surface area (Å²) >= 11 is 1.76. The molecule has 0 radical (unpaired) electrons. The lowest BCUT2D eigenvalue weighted by molar-refractivity contribution is 0.287. The maximum absolute atomic E-state index is 4.54. The monoisotopic (exact) mass is 255 g/mol. The fourth-order valence-electron chi connectivity index (χ4n) is 1.79. The molecule has 0 aromatic carbocycles. The Labute approximate surface area is 109 Å². The first-order chi connectivity index (χ1) is 8.30. The van der Waals surface area contributed by atoms with Crippen LogP contribution in [0.2, 0.25) is 0 Å². The summed E-state index contributed by atoms with van der Waals surface area (Å²) < 4.78 is 0. The highest BCUT2D eigenvalue weighted by Crippen LogP contribution is 2.09. The van der Waals surface area contributed by atoms with Gasteiger partial charge in [-0.3, -0.25) is 0 Å². The Kier molecular flexibility index (Phi) is 7.40. The largest absolute Gasteiger partial charge is 0.310 e. The molecule has 0 saturated carbocycles. The Balaban J connectivity index is 2.14. The SMILES string of the molecule is CCCN(CC)CCNCc1csc(CC)n1. The molecule has 17 heavy (non-hydrogen) atoms. The lowest BCUT2D eigenvalue weighted by Crippen LogP contribution is -2.32. The van der Waals surface area contributed by atoms with E-state index in [0.717, 1.165) is 32.6 Å². The molecule has 0 aliphatic heterocycles. The van der Waals surface area contributed by atoms with Crippen LogP contribution in [0.15, 0.2) is 5.38 Å². The number of thiazole rings is 1. The molecule has 0 atom stereocenters. The fraction of sp³-hybridized carbons (Fsp3) is 0.769. The predicted molar refractivity (Wildman–Crippen MR) is 75.6 cm³/mol. The zero-order valence-electron chi connectivity index (χ0n) is 11.3. The van der Waals surface area contributed by atoms with Gasteiger partial charge in [0.15, 0.2) is 0 Å². The summed E-state index contributed by atoms with van der Waals surface area (Å²) in [6.45, 7) is 12.0. The second-order valence-electron chi connectivity index (χ2n) is 4.20. The van der Waals surface area contributed by atoms with E-state index in [0.29, 0.717) is 0 Å². The second-order valence-corrected chi connectivity index (χ2v) is 5.14. The van der Waals surface area contributed by atoms with Gasteiger partial charge in [-0.15, -0.1) is 11.3 Å². The molecule has 1 rings (SSSR count). The molecular formula is C13H25N3S. The van der Waals surface area contributed by atoms with Crippen LogP contribution in [-0.2, 0) is 13.0 Å². The van der Waals surface area contributed by atoms with Crippen LogP contribution >= 0.6 is 11.3 Å². The summed E-state index contributed by atoms with van der Waals surface area (Å²) in [5.74, 6) is 0. The van der Waals surface area contributed by atoms with Gasteiger partial charge in [0, 0.05) is 25.0 Å². The Hall–Kier alpha value is -0.450. The van der Waals surface area contributed by atoms with Gasteiger partial charge in [-0.25, -0.2) is 4.98 Å². The van der Waals surface area contributed by atoms with Crippen LogP contribution in [0.4, 0.5) is 0 Å². The minimum absolute atomic E-state index is 0.903. The summed E-state index contributed by atoms with van der Waals surface area (Å²) in [4.78, 5) is 7.02. The number of hydrogen-bond acceptors (Lipinski definition) is 4. The molecule has 0 fully saturated rings. The Morgan fingerprint density at radius 1 is 1.29 bits per heavy atom. The van der Waals surface area contributed by atoms with Crippen molar-refractivity contribution in [2.24, 2.45) is 0 Å². The highest BCUT2D eigenvalue weighted by molar-refractivity contribution is 7.09. The first-order valence-electron chi connectivity index (χ1n) is 6.66. The average Bonchev–Trinajstić information content (AvgIpc) is 2.81. The third kappa shape index (κ3) is 5.61. The number of aromatic nitrogens is 1. The Morgan fingerprint density at radius 3 is 2.71 bits per heavy atom. The van der Waals surface area contributed by atoms with Crippen molar-refractivity contribution in [3.05, 3.63) is 16.1 Å². The molecule has 98 valence electrons. The number of likely N-dealkylation sites (N-methyl/N-ethyl adjacent to an activating group) is 1. The van der Waals surface area contributed by atoms with Crippen LogP contribution < -0.4 is 5.32 Å². The fourth-order valence-corrected chi connectivity index (χ4v) is 2.54. The van der Waals surface area contributed by atoms with Crippen molar-refractivity contribution < 1.29 is 0 Å². The summed E-state index contributed by atoms with van der Waals surface area (Å²) in [5.41, 5.74) is 1.19. The van der Waals surface area contributed by atoms with Crippen molar-refractivity contribution in [2.75, 3.05) is 26.2 Å². The molecular weight excluding hydrogens is 230 g/mol. The molecule has 0 saturated heterocycles. The number of nitrogens with one attached hydrogen (secondary N) is 1. The predicted octanol–water partition coefficient (Wildman–Crippen LogP) is 2.53. The topological polar surface area (TPSA) is 28.2 Å². The molecule has 0 spiro atoms. The van der Waals surface area contributed by atoms with Gasteiger partial charge in [-0.1, -0.05) is 20.8 Å². The molecule has 1 N–H and O–H groups in total. The standard InChI is InChI=1S/C13H25N3S/c1-4-8-16(6-3)9-7-14-10-12-11-17-13(5-2)15-12/h11,14H,4-10H2,1-3H3. The van der Waals surface area contributed by atoms with E-state index in [1.165, 1.54) is 23.7 Å². The van der Waals surface area contributed by atoms with Crippen molar-refractivity contribution in [3.8, 4) is 0 Å². The molecule has 0 unspecified atom stereocenters. The van der Waals surface area contributed by atoms with Crippen LogP contribution in [0.3, 0.4) is 0 Å². The van der Waals surface area contributed by atoms with E-state index < -0.39 is 0 Å². The molecule has 0 aliphatic carbocycles. The van der Waals surface area contributed by atoms with Gasteiger partial charge >= 0.3 is 0 Å². The van der Waals surface area contributed by atoms with Gasteiger partial charge in [-0.2, -0.15) is 0 Å². The highest BCUT2D eigenvalue weighted by Gasteiger charge is 2.01. The van der Waals surface area contributed by atoms with Gasteiger partial charge in [-0.05, 0) is 25.9 Å². The van der Waals surface area contributed by atoms with E-state index in [2.05, 4.69) is 41.4 Å². The molecule has 1 heterocycles. The van der Waals surface area contributed by atoms with Gasteiger partial charge in [0.1, 0.15) is 0 Å². The van der Waals surface area contributed by atoms with Crippen LogP contribution in [0.5, 0.6) is 0 Å². The molecule has 3 nitrogen and oxygen atoms in total.